The summed E-state index contributed by atoms with van der Waals surface area (Å²) in [5, 5.41) is 3.62. The summed E-state index contributed by atoms with van der Waals surface area (Å²) in [7, 11) is 0. The predicted octanol–water partition coefficient (Wildman–Crippen LogP) is 4.77. The quantitative estimate of drug-likeness (QED) is 0.720. The maximum absolute atomic E-state index is 12.1. The van der Waals surface area contributed by atoms with Gasteiger partial charge in [-0.25, -0.2) is 0 Å². The zero-order valence-corrected chi connectivity index (χ0v) is 13.2. The topological polar surface area (TPSA) is 29.1 Å². The van der Waals surface area contributed by atoms with E-state index in [9.17, 15) is 4.79 Å². The van der Waals surface area contributed by atoms with Crippen molar-refractivity contribution < 1.29 is 4.79 Å². The Bertz CT molecular complexity index is 397. The van der Waals surface area contributed by atoms with Crippen molar-refractivity contribution in [2.45, 2.75) is 26.2 Å². The molecule has 19 heavy (non-hydrogen) atoms. The van der Waals surface area contributed by atoms with Gasteiger partial charge in [-0.1, -0.05) is 42.6 Å². The first kappa shape index (κ1) is 16.6. The number of benzene rings is 1. The van der Waals surface area contributed by atoms with Gasteiger partial charge in [0.05, 0.1) is 15.6 Å². The highest BCUT2D eigenvalue weighted by Gasteiger charge is 2.15. The molecule has 1 aromatic rings. The third-order valence-electron chi connectivity index (χ3n) is 2.96. The zero-order valence-electron chi connectivity index (χ0n) is 10.9. The summed E-state index contributed by atoms with van der Waals surface area (Å²) in [6.07, 6.45) is 3.01. The molecule has 0 aliphatic rings. The van der Waals surface area contributed by atoms with Crippen molar-refractivity contribution in [3.05, 3.63) is 33.8 Å². The van der Waals surface area contributed by atoms with Crippen molar-refractivity contribution >= 4 is 40.7 Å². The number of nitrogens with one attached hydrogen (secondary N) is 1. The molecule has 106 valence electrons. The Hall–Kier alpha value is -0.440. The monoisotopic (exact) mass is 321 g/mol. The predicted molar refractivity (Wildman–Crippen MR) is 82.5 cm³/mol. The summed E-state index contributed by atoms with van der Waals surface area (Å²) < 4.78 is 0. The fraction of sp³-hybridized carbons (Fsp3) is 0.500. The lowest BCUT2D eigenvalue weighted by Gasteiger charge is -2.16. The Balaban J connectivity index is 2.64. The van der Waals surface area contributed by atoms with Crippen molar-refractivity contribution in [1.29, 1.82) is 0 Å². The standard InChI is InChI=1S/C14H18Cl3NO/c1-2-4-10(7-8-15)9-18-14(19)13-11(16)5-3-6-12(13)17/h3,5-6,10H,2,4,7-9H2,1H3,(H,18,19). The molecule has 0 heterocycles. The molecule has 1 unspecified atom stereocenters. The van der Waals surface area contributed by atoms with Crippen LogP contribution in [0.5, 0.6) is 0 Å². The van der Waals surface area contributed by atoms with Crippen molar-refractivity contribution in [2.24, 2.45) is 5.92 Å². The molecule has 0 bridgehead atoms. The smallest absolute Gasteiger partial charge is 0.254 e. The van der Waals surface area contributed by atoms with E-state index in [1.807, 2.05) is 0 Å². The Morgan fingerprint density at radius 2 is 1.89 bits per heavy atom. The molecule has 1 rings (SSSR count). The number of carbonyl (C=O) groups excluding carboxylic acids is 1. The SMILES string of the molecule is CCCC(CCCl)CNC(=O)c1c(Cl)cccc1Cl. The highest BCUT2D eigenvalue weighted by molar-refractivity contribution is 6.39. The van der Waals surface area contributed by atoms with E-state index in [0.29, 0.717) is 34.0 Å². The van der Waals surface area contributed by atoms with E-state index in [4.69, 9.17) is 34.8 Å². The number of alkyl halides is 1. The van der Waals surface area contributed by atoms with E-state index in [2.05, 4.69) is 12.2 Å². The Morgan fingerprint density at radius 1 is 1.26 bits per heavy atom. The zero-order chi connectivity index (χ0) is 14.3. The molecule has 0 radical (unpaired) electrons. The average Bonchev–Trinajstić information content (AvgIpc) is 2.36. The minimum absolute atomic E-state index is 0.230. The first-order chi connectivity index (χ1) is 9.10. The Kier molecular flexibility index (Phi) is 7.59. The molecule has 0 aliphatic carbocycles. The Morgan fingerprint density at radius 3 is 2.42 bits per heavy atom. The molecule has 0 aliphatic heterocycles. The van der Waals surface area contributed by atoms with E-state index in [1.54, 1.807) is 18.2 Å². The van der Waals surface area contributed by atoms with E-state index in [0.717, 1.165) is 19.3 Å². The molecule has 0 saturated heterocycles. The van der Waals surface area contributed by atoms with Gasteiger partial charge in [-0.2, -0.15) is 0 Å². The number of halogens is 3. The lowest BCUT2D eigenvalue weighted by molar-refractivity contribution is 0.0946. The van der Waals surface area contributed by atoms with E-state index in [-0.39, 0.29) is 5.91 Å². The summed E-state index contributed by atoms with van der Waals surface area (Å²) in [6, 6.07) is 5.03. The van der Waals surface area contributed by atoms with E-state index >= 15 is 0 Å². The molecule has 0 saturated carbocycles. The molecule has 0 fully saturated rings. The highest BCUT2D eigenvalue weighted by Crippen LogP contribution is 2.24. The fourth-order valence-corrected chi connectivity index (χ4v) is 2.83. The van der Waals surface area contributed by atoms with Gasteiger partial charge in [0.25, 0.3) is 5.91 Å². The van der Waals surface area contributed by atoms with Crippen molar-refractivity contribution in [2.75, 3.05) is 12.4 Å². The largest absolute Gasteiger partial charge is 0.352 e. The van der Waals surface area contributed by atoms with Gasteiger partial charge in [0.2, 0.25) is 0 Å². The van der Waals surface area contributed by atoms with Crippen molar-refractivity contribution in [3.63, 3.8) is 0 Å². The van der Waals surface area contributed by atoms with Crippen LogP contribution in [0.4, 0.5) is 0 Å². The number of hydrogen-bond donors (Lipinski definition) is 1. The maximum atomic E-state index is 12.1. The van der Waals surface area contributed by atoms with Crippen LogP contribution in [0.15, 0.2) is 18.2 Å². The summed E-state index contributed by atoms with van der Waals surface area (Å²) >= 11 is 17.8. The number of hydrogen-bond acceptors (Lipinski definition) is 1. The molecule has 0 aromatic heterocycles. The van der Waals surface area contributed by atoms with Crippen LogP contribution >= 0.6 is 34.8 Å². The lowest BCUT2D eigenvalue weighted by Crippen LogP contribution is -2.30. The molecule has 1 atom stereocenters. The third-order valence-corrected chi connectivity index (χ3v) is 3.80. The molecule has 1 amide bonds. The normalized spacial score (nSPS) is 12.2. The molecule has 1 aromatic carbocycles. The summed E-state index contributed by atoms with van der Waals surface area (Å²) in [5.41, 5.74) is 0.340. The summed E-state index contributed by atoms with van der Waals surface area (Å²) in [4.78, 5) is 12.1. The van der Waals surface area contributed by atoms with Crippen LogP contribution in [0.25, 0.3) is 0 Å². The fourth-order valence-electron chi connectivity index (χ4n) is 1.95. The summed E-state index contributed by atoms with van der Waals surface area (Å²) in [5.74, 6) is 0.770. The first-order valence-electron chi connectivity index (χ1n) is 6.38. The third kappa shape index (κ3) is 5.21. The van der Waals surface area contributed by atoms with Crippen LogP contribution in [0.2, 0.25) is 10.0 Å². The molecular formula is C14H18Cl3NO. The molecular weight excluding hydrogens is 305 g/mol. The Labute approximate surface area is 129 Å². The van der Waals surface area contributed by atoms with Crippen molar-refractivity contribution in [1.82, 2.24) is 5.32 Å². The van der Waals surface area contributed by atoms with Crippen LogP contribution in [-0.2, 0) is 0 Å². The number of amides is 1. The second-order valence-electron chi connectivity index (χ2n) is 4.44. The van der Waals surface area contributed by atoms with Gasteiger partial charge in [-0.3, -0.25) is 4.79 Å². The van der Waals surface area contributed by atoms with Gasteiger partial charge in [-0.15, -0.1) is 11.6 Å². The van der Waals surface area contributed by atoms with Gasteiger partial charge in [-0.05, 0) is 30.9 Å². The van der Waals surface area contributed by atoms with Crippen LogP contribution in [0, 0.1) is 5.92 Å². The second kappa shape index (κ2) is 8.68. The minimum atomic E-state index is -0.230. The number of rotatable bonds is 7. The van der Waals surface area contributed by atoms with Gasteiger partial charge in [0.15, 0.2) is 0 Å². The van der Waals surface area contributed by atoms with Gasteiger partial charge in [0, 0.05) is 12.4 Å². The van der Waals surface area contributed by atoms with Crippen LogP contribution < -0.4 is 5.32 Å². The first-order valence-corrected chi connectivity index (χ1v) is 7.67. The summed E-state index contributed by atoms with van der Waals surface area (Å²) in [6.45, 7) is 2.72. The molecule has 5 heteroatoms. The van der Waals surface area contributed by atoms with Crippen LogP contribution in [0.3, 0.4) is 0 Å². The lowest BCUT2D eigenvalue weighted by atomic mass is 10.0. The number of carbonyl (C=O) groups is 1. The second-order valence-corrected chi connectivity index (χ2v) is 5.63. The van der Waals surface area contributed by atoms with E-state index < -0.39 is 0 Å². The minimum Gasteiger partial charge on any atom is -0.352 e. The maximum Gasteiger partial charge on any atom is 0.254 e. The average molecular weight is 323 g/mol. The molecule has 0 spiro atoms. The highest BCUT2D eigenvalue weighted by atomic mass is 35.5. The van der Waals surface area contributed by atoms with Gasteiger partial charge in [0.1, 0.15) is 0 Å². The van der Waals surface area contributed by atoms with Gasteiger partial charge >= 0.3 is 0 Å². The van der Waals surface area contributed by atoms with Crippen LogP contribution in [-0.4, -0.2) is 18.3 Å². The molecule has 1 N–H and O–H groups in total. The molecule has 2 nitrogen and oxygen atoms in total. The van der Waals surface area contributed by atoms with E-state index in [1.165, 1.54) is 0 Å². The van der Waals surface area contributed by atoms with Crippen LogP contribution in [0.1, 0.15) is 36.5 Å². The van der Waals surface area contributed by atoms with Gasteiger partial charge < -0.3 is 5.32 Å². The van der Waals surface area contributed by atoms with Crippen molar-refractivity contribution in [3.8, 4) is 0 Å².